The van der Waals surface area contributed by atoms with E-state index in [1.165, 1.54) is 10.3 Å². The van der Waals surface area contributed by atoms with Crippen molar-refractivity contribution in [3.8, 4) is 0 Å². The third-order valence-electron chi connectivity index (χ3n) is 5.91. The average molecular weight is 414 g/mol. The van der Waals surface area contributed by atoms with Crippen LogP contribution in [0, 0.1) is 0 Å². The molecule has 2 aliphatic rings. The van der Waals surface area contributed by atoms with Gasteiger partial charge in [-0.1, -0.05) is 6.07 Å². The molecule has 0 spiro atoms. The predicted molar refractivity (Wildman–Crippen MR) is 118 cm³/mol. The number of thiazole rings is 1. The minimum atomic E-state index is -0.887. The minimum Gasteiger partial charge on any atom is -0.381 e. The van der Waals surface area contributed by atoms with Gasteiger partial charge in [0, 0.05) is 38.4 Å². The summed E-state index contributed by atoms with van der Waals surface area (Å²) in [5, 5.41) is 10.3. The molecule has 2 aliphatic heterocycles. The second kappa shape index (κ2) is 8.31. The van der Waals surface area contributed by atoms with Gasteiger partial charge in [0.1, 0.15) is 5.60 Å². The van der Waals surface area contributed by atoms with Crippen LogP contribution in [-0.4, -0.2) is 77.6 Å². The van der Waals surface area contributed by atoms with E-state index in [0.29, 0.717) is 25.2 Å². The van der Waals surface area contributed by atoms with Gasteiger partial charge < -0.3 is 14.7 Å². The topological polar surface area (TPSA) is 73.6 Å². The lowest BCUT2D eigenvalue weighted by Gasteiger charge is -2.38. The van der Waals surface area contributed by atoms with Crippen LogP contribution in [0.2, 0.25) is 0 Å². The van der Waals surface area contributed by atoms with Crippen LogP contribution in [0.3, 0.4) is 0 Å². The van der Waals surface area contributed by atoms with Crippen molar-refractivity contribution >= 4 is 34.2 Å². The zero-order chi connectivity index (χ0) is 20.4. The molecule has 0 saturated carbocycles. The maximum atomic E-state index is 10.3. The van der Waals surface area contributed by atoms with Crippen molar-refractivity contribution in [1.29, 1.82) is 0 Å². The van der Waals surface area contributed by atoms with Crippen molar-refractivity contribution in [3.63, 3.8) is 0 Å². The number of guanidine groups is 1. The quantitative estimate of drug-likeness (QED) is 0.616. The summed E-state index contributed by atoms with van der Waals surface area (Å²) in [5.41, 5.74) is 4.16. The van der Waals surface area contributed by atoms with Gasteiger partial charge >= 0.3 is 0 Å². The van der Waals surface area contributed by atoms with Gasteiger partial charge in [0.2, 0.25) is 5.96 Å². The van der Waals surface area contributed by atoms with E-state index in [1.807, 2.05) is 12.4 Å². The Morgan fingerprint density at radius 1 is 1.34 bits per heavy atom. The van der Waals surface area contributed by atoms with E-state index in [4.69, 9.17) is 4.74 Å². The Kier molecular flexibility index (Phi) is 5.78. The number of fused-ring (bicyclic) bond motifs is 1. The Labute approximate surface area is 175 Å². The van der Waals surface area contributed by atoms with Crippen molar-refractivity contribution in [3.05, 3.63) is 41.0 Å². The van der Waals surface area contributed by atoms with E-state index in [9.17, 15) is 5.11 Å². The lowest BCUT2D eigenvalue weighted by atomic mass is 9.94. The first-order valence-corrected chi connectivity index (χ1v) is 10.7. The van der Waals surface area contributed by atoms with Crippen LogP contribution in [-0.2, 0) is 4.74 Å². The molecule has 0 amide bonds. The summed E-state index contributed by atoms with van der Waals surface area (Å²) in [5.74, 6) is 0.601. The van der Waals surface area contributed by atoms with E-state index in [2.05, 4.69) is 56.6 Å². The molecule has 1 aromatic carbocycles. The van der Waals surface area contributed by atoms with Gasteiger partial charge in [-0.2, -0.15) is 0 Å². The molecule has 29 heavy (non-hydrogen) atoms. The molecule has 0 bridgehead atoms. The highest BCUT2D eigenvalue weighted by Gasteiger charge is 2.37. The molecule has 2 aromatic rings. The van der Waals surface area contributed by atoms with E-state index >= 15 is 0 Å². The number of ether oxygens (including phenoxy) is 1. The van der Waals surface area contributed by atoms with Gasteiger partial charge in [0.25, 0.3) is 0 Å². The summed E-state index contributed by atoms with van der Waals surface area (Å²) in [6.45, 7) is 12.0. The smallest absolute Gasteiger partial charge is 0.224 e. The largest absolute Gasteiger partial charge is 0.381 e. The standard InChI is InChI=1S/C21H27N5O2S/c1-15(21(27)12-28-13-21)11-23-20(22-3)26-8-6-25(7-9-26)16(2)17-4-5-19-18(10-17)24-14-29-19/h4-5,10-11,14,16,27H,3,6-9,12-13H2,1-2H3/b15-11+,23-20+. The van der Waals surface area contributed by atoms with Crippen LogP contribution in [0.1, 0.15) is 25.5 Å². The Hall–Kier alpha value is -2.13. The number of aliphatic imine (C=N–C) groups is 2. The van der Waals surface area contributed by atoms with Gasteiger partial charge in [-0.25, -0.2) is 15.0 Å². The van der Waals surface area contributed by atoms with E-state index in [-0.39, 0.29) is 0 Å². The summed E-state index contributed by atoms with van der Waals surface area (Å²) >= 11 is 1.67. The summed E-state index contributed by atoms with van der Waals surface area (Å²) in [7, 11) is 0. The SMILES string of the molecule is C=N/C(=N\C=C(/C)C1(O)COC1)N1CCN(C(C)c2ccc3scnc3c2)CC1. The van der Waals surface area contributed by atoms with E-state index < -0.39 is 5.60 Å². The van der Waals surface area contributed by atoms with E-state index in [1.54, 1.807) is 17.5 Å². The number of nitrogens with zero attached hydrogens (tertiary/aromatic N) is 5. The lowest BCUT2D eigenvalue weighted by Crippen LogP contribution is -2.50. The molecule has 4 rings (SSSR count). The molecule has 0 aliphatic carbocycles. The number of rotatable bonds is 4. The molecule has 1 atom stereocenters. The third kappa shape index (κ3) is 4.11. The summed E-state index contributed by atoms with van der Waals surface area (Å²) in [6.07, 6.45) is 1.69. The summed E-state index contributed by atoms with van der Waals surface area (Å²) < 4.78 is 6.33. The molecule has 3 heterocycles. The van der Waals surface area contributed by atoms with Gasteiger partial charge in [-0.05, 0) is 43.8 Å². The number of piperazine rings is 1. The van der Waals surface area contributed by atoms with Crippen LogP contribution in [0.4, 0.5) is 0 Å². The Morgan fingerprint density at radius 2 is 2.10 bits per heavy atom. The van der Waals surface area contributed by atoms with Gasteiger partial charge in [0.05, 0.1) is 28.9 Å². The molecule has 154 valence electrons. The van der Waals surface area contributed by atoms with Crippen molar-refractivity contribution in [1.82, 2.24) is 14.8 Å². The number of aromatic nitrogens is 1. The highest BCUT2D eigenvalue weighted by Crippen LogP contribution is 2.27. The Balaban J connectivity index is 1.39. The van der Waals surface area contributed by atoms with Gasteiger partial charge in [-0.15, -0.1) is 11.3 Å². The van der Waals surface area contributed by atoms with Crippen molar-refractivity contribution in [2.75, 3.05) is 39.4 Å². The van der Waals surface area contributed by atoms with Crippen LogP contribution in [0.5, 0.6) is 0 Å². The molecule has 7 nitrogen and oxygen atoms in total. The van der Waals surface area contributed by atoms with Crippen molar-refractivity contribution < 1.29 is 9.84 Å². The molecular formula is C21H27N5O2S. The molecule has 1 unspecified atom stereocenters. The Bertz CT molecular complexity index is 941. The van der Waals surface area contributed by atoms with Crippen molar-refractivity contribution in [2.24, 2.45) is 9.98 Å². The zero-order valence-corrected chi connectivity index (χ0v) is 17.7. The number of benzene rings is 1. The Morgan fingerprint density at radius 3 is 2.76 bits per heavy atom. The molecule has 2 saturated heterocycles. The zero-order valence-electron chi connectivity index (χ0n) is 16.9. The first-order valence-electron chi connectivity index (χ1n) is 9.84. The predicted octanol–water partition coefficient (Wildman–Crippen LogP) is 2.70. The highest BCUT2D eigenvalue weighted by molar-refractivity contribution is 7.16. The second-order valence-corrected chi connectivity index (χ2v) is 8.59. The number of hydrogen-bond acceptors (Lipinski definition) is 6. The summed E-state index contributed by atoms with van der Waals surface area (Å²) in [6, 6.07) is 6.90. The van der Waals surface area contributed by atoms with Crippen molar-refractivity contribution in [2.45, 2.75) is 25.5 Å². The van der Waals surface area contributed by atoms with Crippen LogP contribution < -0.4 is 0 Å². The molecule has 1 aromatic heterocycles. The lowest BCUT2D eigenvalue weighted by molar-refractivity contribution is -0.154. The normalized spacial score (nSPS) is 21.8. The van der Waals surface area contributed by atoms with Gasteiger partial charge in [-0.3, -0.25) is 4.90 Å². The average Bonchev–Trinajstić information content (AvgIpc) is 3.20. The van der Waals surface area contributed by atoms with Crippen LogP contribution >= 0.6 is 11.3 Å². The fourth-order valence-electron chi connectivity index (χ4n) is 3.68. The van der Waals surface area contributed by atoms with Crippen LogP contribution in [0.25, 0.3) is 10.2 Å². The monoisotopic (exact) mass is 413 g/mol. The maximum Gasteiger partial charge on any atom is 0.224 e. The minimum absolute atomic E-state index is 0.324. The highest BCUT2D eigenvalue weighted by atomic mass is 32.1. The molecule has 2 fully saturated rings. The molecular weight excluding hydrogens is 386 g/mol. The molecule has 8 heteroatoms. The summed E-state index contributed by atoms with van der Waals surface area (Å²) in [4.78, 5) is 17.6. The van der Waals surface area contributed by atoms with Crippen LogP contribution in [0.15, 0.2) is 45.5 Å². The fourth-order valence-corrected chi connectivity index (χ4v) is 4.33. The number of hydrogen-bond donors (Lipinski definition) is 1. The first kappa shape index (κ1) is 20.2. The first-order chi connectivity index (χ1) is 14.0. The number of aliphatic hydroxyl groups is 1. The van der Waals surface area contributed by atoms with E-state index in [0.717, 1.165) is 37.3 Å². The second-order valence-electron chi connectivity index (χ2n) is 7.70. The van der Waals surface area contributed by atoms with Gasteiger partial charge in [0.15, 0.2) is 0 Å². The maximum absolute atomic E-state index is 10.3. The molecule has 0 radical (unpaired) electrons. The third-order valence-corrected chi connectivity index (χ3v) is 6.72. The molecule has 1 N–H and O–H groups in total. The fraction of sp³-hybridized carbons (Fsp3) is 0.476.